The molecular formula is C10H15N3O4S2. The summed E-state index contributed by atoms with van der Waals surface area (Å²) in [6.45, 7) is 1.48. The van der Waals surface area contributed by atoms with Crippen LogP contribution in [0.5, 0.6) is 0 Å². The number of piperidine rings is 1. The van der Waals surface area contributed by atoms with E-state index in [4.69, 9.17) is 0 Å². The van der Waals surface area contributed by atoms with Crippen molar-refractivity contribution < 1.29 is 17.9 Å². The van der Waals surface area contributed by atoms with E-state index >= 15 is 0 Å². The van der Waals surface area contributed by atoms with Crippen LogP contribution in [-0.2, 0) is 14.8 Å². The van der Waals surface area contributed by atoms with Gasteiger partial charge in [0.15, 0.2) is 9.90 Å². The molecule has 106 valence electrons. The molecule has 0 aliphatic carbocycles. The molecule has 2 heterocycles. The molecule has 0 radical (unpaired) electrons. The minimum atomic E-state index is -3.74. The molecule has 0 spiro atoms. The highest BCUT2D eigenvalue weighted by Gasteiger charge is 2.29. The number of ether oxygens (including phenoxy) is 1. The Morgan fingerprint density at radius 2 is 2.42 bits per heavy atom. The molecule has 1 aliphatic heterocycles. The Labute approximate surface area is 115 Å². The summed E-state index contributed by atoms with van der Waals surface area (Å²) >= 11 is 0.906. The van der Waals surface area contributed by atoms with Crippen LogP contribution < -0.4 is 10.0 Å². The van der Waals surface area contributed by atoms with Gasteiger partial charge >= 0.3 is 5.97 Å². The van der Waals surface area contributed by atoms with Crippen molar-refractivity contribution in [3.05, 3.63) is 11.2 Å². The molecule has 19 heavy (non-hydrogen) atoms. The van der Waals surface area contributed by atoms with Crippen molar-refractivity contribution in [3.63, 3.8) is 0 Å². The third-order valence-corrected chi connectivity index (χ3v) is 5.67. The molecule has 1 aliphatic rings. The van der Waals surface area contributed by atoms with Crippen LogP contribution in [0.2, 0.25) is 0 Å². The van der Waals surface area contributed by atoms with Crippen LogP contribution in [0.4, 0.5) is 0 Å². The largest absolute Gasteiger partial charge is 0.464 e. The van der Waals surface area contributed by atoms with Gasteiger partial charge in [-0.3, -0.25) is 0 Å². The van der Waals surface area contributed by atoms with Crippen molar-refractivity contribution in [2.24, 2.45) is 0 Å². The summed E-state index contributed by atoms with van der Waals surface area (Å²) in [5.74, 6) is -0.747. The van der Waals surface area contributed by atoms with Crippen LogP contribution >= 0.6 is 11.3 Å². The average Bonchev–Trinajstić information content (AvgIpc) is 2.88. The molecule has 2 N–H and O–H groups in total. The molecule has 0 saturated carbocycles. The topological polar surface area (TPSA) is 97.4 Å². The number of rotatable bonds is 4. The first-order chi connectivity index (χ1) is 9.04. The Bertz CT molecular complexity index is 549. The summed E-state index contributed by atoms with van der Waals surface area (Å²) < 4.78 is 31.5. The Hall–Kier alpha value is -1.03. The maximum atomic E-state index is 12.2. The van der Waals surface area contributed by atoms with Crippen molar-refractivity contribution in [2.75, 3.05) is 20.2 Å². The van der Waals surface area contributed by atoms with E-state index in [1.807, 2.05) is 0 Å². The zero-order valence-electron chi connectivity index (χ0n) is 10.4. The van der Waals surface area contributed by atoms with Gasteiger partial charge in [-0.05, 0) is 19.4 Å². The molecule has 1 aromatic heterocycles. The van der Waals surface area contributed by atoms with Gasteiger partial charge in [0.05, 0.1) is 12.6 Å². The van der Waals surface area contributed by atoms with E-state index in [1.165, 1.54) is 12.6 Å². The summed E-state index contributed by atoms with van der Waals surface area (Å²) in [5, 5.41) is 3.12. The van der Waals surface area contributed by atoms with Gasteiger partial charge in [0.25, 0.3) is 10.0 Å². The van der Waals surface area contributed by atoms with Crippen molar-refractivity contribution in [1.82, 2.24) is 15.0 Å². The third-order valence-electron chi connectivity index (χ3n) is 2.78. The minimum absolute atomic E-state index is 0.0927. The van der Waals surface area contributed by atoms with Gasteiger partial charge in [0.1, 0.15) is 0 Å². The number of methoxy groups -OCH3 is 1. The molecule has 0 bridgehead atoms. The lowest BCUT2D eigenvalue weighted by atomic mass is 10.1. The molecule has 0 amide bonds. The van der Waals surface area contributed by atoms with E-state index in [-0.39, 0.29) is 15.9 Å². The predicted octanol–water partition coefficient (Wildman–Crippen LogP) is -0.0400. The molecule has 7 nitrogen and oxygen atoms in total. The van der Waals surface area contributed by atoms with Gasteiger partial charge in [0.2, 0.25) is 0 Å². The van der Waals surface area contributed by atoms with Crippen LogP contribution in [0, 0.1) is 0 Å². The maximum Gasteiger partial charge on any atom is 0.358 e. The van der Waals surface area contributed by atoms with E-state index < -0.39 is 16.0 Å². The van der Waals surface area contributed by atoms with Crippen LogP contribution in [-0.4, -0.2) is 45.6 Å². The fraction of sp³-hybridized carbons (Fsp3) is 0.600. The van der Waals surface area contributed by atoms with E-state index in [0.717, 1.165) is 30.7 Å². The quantitative estimate of drug-likeness (QED) is 0.758. The Morgan fingerprint density at radius 1 is 1.63 bits per heavy atom. The summed E-state index contributed by atoms with van der Waals surface area (Å²) in [6.07, 6.45) is 1.69. The van der Waals surface area contributed by atoms with Gasteiger partial charge in [0, 0.05) is 12.6 Å². The maximum absolute atomic E-state index is 12.2. The van der Waals surface area contributed by atoms with Gasteiger partial charge in [-0.1, -0.05) is 0 Å². The van der Waals surface area contributed by atoms with Gasteiger partial charge in [-0.2, -0.15) is 0 Å². The van der Waals surface area contributed by atoms with E-state index in [0.29, 0.717) is 6.54 Å². The summed E-state index contributed by atoms with van der Waals surface area (Å²) in [4.78, 5) is 15.2. The molecule has 1 saturated heterocycles. The number of thiazole rings is 1. The molecular weight excluding hydrogens is 290 g/mol. The number of esters is 1. The lowest BCUT2D eigenvalue weighted by molar-refractivity contribution is 0.0590. The van der Waals surface area contributed by atoms with Gasteiger partial charge < -0.3 is 10.1 Å². The summed E-state index contributed by atoms with van der Waals surface area (Å²) in [5.41, 5.74) is 1.16. The number of sulfonamides is 1. The monoisotopic (exact) mass is 305 g/mol. The van der Waals surface area contributed by atoms with Crippen molar-refractivity contribution >= 4 is 27.3 Å². The molecule has 0 aromatic carbocycles. The molecule has 2 rings (SSSR count). The standard InChI is InChI=1S/C10H15N3O4S2/c1-17-9(14)8-10(18-6-12-8)19(15,16)13-7-3-2-4-11-5-7/h6-7,11,13H,2-5H2,1H3/t7-/m0/s1. The zero-order valence-corrected chi connectivity index (χ0v) is 12.0. The summed E-state index contributed by atoms with van der Waals surface area (Å²) in [7, 11) is -2.55. The Morgan fingerprint density at radius 3 is 3.05 bits per heavy atom. The second-order valence-corrected chi connectivity index (χ2v) is 6.91. The van der Waals surface area contributed by atoms with Crippen LogP contribution in [0.25, 0.3) is 0 Å². The number of carbonyl (C=O) groups excluding carboxylic acids is 1. The average molecular weight is 305 g/mol. The highest BCUT2D eigenvalue weighted by atomic mass is 32.2. The number of hydrogen-bond donors (Lipinski definition) is 2. The second-order valence-electron chi connectivity index (χ2n) is 4.14. The fourth-order valence-electron chi connectivity index (χ4n) is 1.88. The van der Waals surface area contributed by atoms with Crippen molar-refractivity contribution in [2.45, 2.75) is 23.1 Å². The lowest BCUT2D eigenvalue weighted by Crippen LogP contribution is -2.45. The highest BCUT2D eigenvalue weighted by molar-refractivity contribution is 7.91. The fourth-order valence-corrected chi connectivity index (χ4v) is 4.30. The smallest absolute Gasteiger partial charge is 0.358 e. The number of nitrogens with zero attached hydrogens (tertiary/aromatic N) is 1. The third kappa shape index (κ3) is 3.30. The molecule has 1 aromatic rings. The SMILES string of the molecule is COC(=O)c1ncsc1S(=O)(=O)N[C@H]1CCCNC1. The van der Waals surface area contributed by atoms with Crippen LogP contribution in [0.3, 0.4) is 0 Å². The molecule has 9 heteroatoms. The number of carbonyl (C=O) groups is 1. The Kier molecular flexibility index (Phi) is 4.50. The normalized spacial score (nSPS) is 20.2. The lowest BCUT2D eigenvalue weighted by Gasteiger charge is -2.23. The first kappa shape index (κ1) is 14.4. The number of hydrogen-bond acceptors (Lipinski definition) is 7. The molecule has 0 unspecified atom stereocenters. The van der Waals surface area contributed by atoms with Gasteiger partial charge in [-0.25, -0.2) is 22.9 Å². The first-order valence-electron chi connectivity index (χ1n) is 5.79. The van der Waals surface area contributed by atoms with E-state index in [1.54, 1.807) is 0 Å². The van der Waals surface area contributed by atoms with E-state index in [9.17, 15) is 13.2 Å². The van der Waals surface area contributed by atoms with Crippen molar-refractivity contribution in [3.8, 4) is 0 Å². The number of nitrogens with one attached hydrogen (secondary N) is 2. The summed E-state index contributed by atoms with van der Waals surface area (Å²) in [6, 6.07) is -0.161. The minimum Gasteiger partial charge on any atom is -0.464 e. The van der Waals surface area contributed by atoms with E-state index in [2.05, 4.69) is 19.8 Å². The predicted molar refractivity (Wildman–Crippen MR) is 69.7 cm³/mol. The number of aromatic nitrogens is 1. The zero-order chi connectivity index (χ0) is 13.9. The van der Waals surface area contributed by atoms with Gasteiger partial charge in [-0.15, -0.1) is 11.3 Å². The molecule has 1 atom stereocenters. The van der Waals surface area contributed by atoms with Crippen LogP contribution in [0.15, 0.2) is 9.72 Å². The highest BCUT2D eigenvalue weighted by Crippen LogP contribution is 2.21. The molecule has 1 fully saturated rings. The van der Waals surface area contributed by atoms with Crippen molar-refractivity contribution in [1.29, 1.82) is 0 Å². The first-order valence-corrected chi connectivity index (χ1v) is 8.15. The van der Waals surface area contributed by atoms with Crippen LogP contribution in [0.1, 0.15) is 23.3 Å². The Balaban J connectivity index is 2.19. The second kappa shape index (κ2) is 5.95.